The van der Waals surface area contributed by atoms with E-state index in [0.717, 1.165) is 29.3 Å². The van der Waals surface area contributed by atoms with Gasteiger partial charge in [0.25, 0.3) is 0 Å². The molecule has 2 rings (SSSR count). The number of primary amides is 1. The van der Waals surface area contributed by atoms with Crippen molar-refractivity contribution in [1.82, 2.24) is 4.98 Å². The molecule has 28 heavy (non-hydrogen) atoms. The minimum absolute atomic E-state index is 0.179. The van der Waals surface area contributed by atoms with Crippen molar-refractivity contribution in [2.24, 2.45) is 5.73 Å². The van der Waals surface area contributed by atoms with Crippen molar-refractivity contribution in [3.05, 3.63) is 59.4 Å². The number of para-hydroxylation sites is 1. The number of nitrogens with zero attached hydrogens (tertiary/aromatic N) is 2. The molecule has 0 bridgehead atoms. The molecule has 0 aliphatic rings. The monoisotopic (exact) mass is 377 g/mol. The zero-order valence-corrected chi connectivity index (χ0v) is 16.6. The van der Waals surface area contributed by atoms with E-state index >= 15 is 0 Å². The van der Waals surface area contributed by atoms with Crippen molar-refractivity contribution >= 4 is 16.8 Å². The molecule has 0 radical (unpaired) electrons. The Morgan fingerprint density at radius 3 is 2.71 bits per heavy atom. The summed E-state index contributed by atoms with van der Waals surface area (Å²) in [5.74, 6) is -0.155. The van der Waals surface area contributed by atoms with E-state index in [-0.39, 0.29) is 11.6 Å². The molecule has 2 N–H and O–H groups in total. The van der Waals surface area contributed by atoms with E-state index in [1.807, 2.05) is 37.3 Å². The van der Waals surface area contributed by atoms with E-state index in [0.29, 0.717) is 5.56 Å². The molecule has 0 atom stereocenters. The zero-order chi connectivity index (χ0) is 20.4. The summed E-state index contributed by atoms with van der Waals surface area (Å²) in [4.78, 5) is 15.8. The first-order valence-electron chi connectivity index (χ1n) is 9.71. The van der Waals surface area contributed by atoms with Crippen LogP contribution in [0.25, 0.3) is 10.9 Å². The topological polar surface area (TPSA) is 89.0 Å². The quantitative estimate of drug-likeness (QED) is 0.271. The average molecular weight is 377 g/mol. The smallest absolute Gasteiger partial charge is 0.245 e. The molecule has 1 aromatic heterocycles. The van der Waals surface area contributed by atoms with Gasteiger partial charge in [0.1, 0.15) is 17.4 Å². The largest absolute Gasteiger partial charge is 0.437 e. The van der Waals surface area contributed by atoms with Crippen LogP contribution in [0.4, 0.5) is 0 Å². The van der Waals surface area contributed by atoms with E-state index < -0.39 is 5.91 Å². The van der Waals surface area contributed by atoms with Gasteiger partial charge in [0.15, 0.2) is 0 Å². The molecule has 0 fully saturated rings. The van der Waals surface area contributed by atoms with Gasteiger partial charge in [0.05, 0.1) is 5.52 Å². The van der Waals surface area contributed by atoms with Crippen molar-refractivity contribution in [1.29, 1.82) is 5.26 Å². The molecule has 1 aromatic carbocycles. The van der Waals surface area contributed by atoms with Crippen LogP contribution in [-0.2, 0) is 4.79 Å². The highest BCUT2D eigenvalue weighted by atomic mass is 16.5. The Balaban J connectivity index is 2.21. The van der Waals surface area contributed by atoms with Crippen molar-refractivity contribution < 1.29 is 9.53 Å². The van der Waals surface area contributed by atoms with E-state index in [2.05, 4.69) is 18.0 Å². The lowest BCUT2D eigenvalue weighted by Crippen LogP contribution is -2.09. The zero-order valence-electron chi connectivity index (χ0n) is 16.6. The maximum absolute atomic E-state index is 11.4. The number of aryl methyl sites for hydroxylation is 1. The number of nitriles is 1. The fraction of sp³-hybridized carbons (Fsp3) is 0.348. The van der Waals surface area contributed by atoms with Gasteiger partial charge in [-0.05, 0) is 37.5 Å². The molecule has 0 spiro atoms. The number of carbonyl (C=O) groups is 1. The minimum Gasteiger partial charge on any atom is -0.437 e. The number of aromatic nitrogens is 1. The first-order valence-corrected chi connectivity index (χ1v) is 9.71. The van der Waals surface area contributed by atoms with Gasteiger partial charge in [-0.25, -0.2) is 4.98 Å². The summed E-state index contributed by atoms with van der Waals surface area (Å²) in [5, 5.41) is 10.5. The Morgan fingerprint density at radius 1 is 1.25 bits per heavy atom. The highest BCUT2D eigenvalue weighted by Gasteiger charge is 2.14. The average Bonchev–Trinajstić information content (AvgIpc) is 2.67. The molecule has 1 amide bonds. The van der Waals surface area contributed by atoms with Gasteiger partial charge in [-0.3, -0.25) is 4.79 Å². The number of benzene rings is 1. The first-order chi connectivity index (χ1) is 13.6. The number of hydrogen-bond acceptors (Lipinski definition) is 4. The number of amides is 1. The van der Waals surface area contributed by atoms with Gasteiger partial charge < -0.3 is 10.5 Å². The molecule has 5 heteroatoms. The third kappa shape index (κ3) is 5.95. The summed E-state index contributed by atoms with van der Waals surface area (Å²) in [5.41, 5.74) is 7.18. The number of allylic oxidation sites excluding steroid dienone is 2. The molecular weight excluding hydrogens is 350 g/mol. The molecule has 146 valence electrons. The van der Waals surface area contributed by atoms with Crippen LogP contribution in [0.5, 0.6) is 5.88 Å². The summed E-state index contributed by atoms with van der Waals surface area (Å²) in [6.07, 6.45) is 11.7. The van der Waals surface area contributed by atoms with E-state index in [9.17, 15) is 10.1 Å². The third-order valence-corrected chi connectivity index (χ3v) is 4.49. The summed E-state index contributed by atoms with van der Waals surface area (Å²) >= 11 is 0. The van der Waals surface area contributed by atoms with E-state index in [4.69, 9.17) is 10.5 Å². The second kappa shape index (κ2) is 10.9. The second-order valence-corrected chi connectivity index (χ2v) is 6.70. The Kier molecular flexibility index (Phi) is 8.23. The van der Waals surface area contributed by atoms with E-state index in [1.54, 1.807) is 6.08 Å². The second-order valence-electron chi connectivity index (χ2n) is 6.70. The van der Waals surface area contributed by atoms with Gasteiger partial charge >= 0.3 is 0 Å². The fourth-order valence-electron chi connectivity index (χ4n) is 2.98. The number of rotatable bonds is 10. The van der Waals surface area contributed by atoms with Gasteiger partial charge in [0, 0.05) is 11.5 Å². The standard InChI is InChI=1S/C23H27N3O2/c1-3-4-5-6-7-8-9-12-18(15-22(25)27)28-23-20(16-24)17(2)19-13-10-11-14-21(19)26-23/h9-15H,3-8H2,1-2H3,(H2,25,27)/b12-9+,18-15+. The Hall–Kier alpha value is -3.13. The fourth-order valence-corrected chi connectivity index (χ4v) is 2.98. The van der Waals surface area contributed by atoms with Crippen LogP contribution in [0.1, 0.15) is 56.6 Å². The molecule has 1 heterocycles. The summed E-state index contributed by atoms with van der Waals surface area (Å²) < 4.78 is 5.82. The summed E-state index contributed by atoms with van der Waals surface area (Å²) in [7, 11) is 0. The lowest BCUT2D eigenvalue weighted by Gasteiger charge is -2.11. The lowest BCUT2D eigenvalue weighted by atomic mass is 10.1. The van der Waals surface area contributed by atoms with Crippen LogP contribution >= 0.6 is 0 Å². The number of hydrogen-bond donors (Lipinski definition) is 1. The Labute approximate surface area is 166 Å². The molecule has 5 nitrogen and oxygen atoms in total. The molecule has 0 saturated heterocycles. The molecule has 0 unspecified atom stereocenters. The minimum atomic E-state index is -0.612. The van der Waals surface area contributed by atoms with Crippen LogP contribution in [-0.4, -0.2) is 10.9 Å². The van der Waals surface area contributed by atoms with Crippen molar-refractivity contribution in [2.75, 3.05) is 0 Å². The third-order valence-electron chi connectivity index (χ3n) is 4.49. The van der Waals surface area contributed by atoms with Crippen LogP contribution in [0.15, 0.2) is 48.3 Å². The number of ether oxygens (including phenoxy) is 1. The highest BCUT2D eigenvalue weighted by Crippen LogP contribution is 2.28. The maximum Gasteiger partial charge on any atom is 0.245 e. The number of fused-ring (bicyclic) bond motifs is 1. The molecule has 0 aliphatic carbocycles. The van der Waals surface area contributed by atoms with Crippen molar-refractivity contribution in [2.45, 2.75) is 52.4 Å². The number of carbonyl (C=O) groups excluding carboxylic acids is 1. The summed E-state index contributed by atoms with van der Waals surface area (Å²) in [6.45, 7) is 4.05. The lowest BCUT2D eigenvalue weighted by molar-refractivity contribution is -0.113. The van der Waals surface area contributed by atoms with Gasteiger partial charge in [-0.2, -0.15) is 5.26 Å². The Morgan fingerprint density at radius 2 is 2.00 bits per heavy atom. The first kappa shape index (κ1) is 21.2. The van der Waals surface area contributed by atoms with Crippen molar-refractivity contribution in [3.8, 4) is 11.9 Å². The van der Waals surface area contributed by atoms with Gasteiger partial charge in [-0.1, -0.05) is 56.9 Å². The molecule has 0 aliphatic heterocycles. The van der Waals surface area contributed by atoms with Crippen LogP contribution < -0.4 is 10.5 Å². The predicted molar refractivity (Wildman–Crippen MR) is 112 cm³/mol. The number of pyridine rings is 1. The SMILES string of the molecule is CCCCCCC/C=C/C(=C\C(N)=O)Oc1nc2ccccc2c(C)c1C#N. The normalized spacial score (nSPS) is 11.7. The Bertz CT molecular complexity index is 923. The predicted octanol–water partition coefficient (Wildman–Crippen LogP) is 5.08. The van der Waals surface area contributed by atoms with Gasteiger partial charge in [-0.15, -0.1) is 0 Å². The van der Waals surface area contributed by atoms with Gasteiger partial charge in [0.2, 0.25) is 11.8 Å². The number of nitrogens with two attached hydrogens (primary N) is 1. The number of unbranched alkanes of at least 4 members (excludes halogenated alkanes) is 5. The molecule has 2 aromatic rings. The molecular formula is C23H27N3O2. The van der Waals surface area contributed by atoms with Crippen molar-refractivity contribution in [3.63, 3.8) is 0 Å². The van der Waals surface area contributed by atoms with Crippen LogP contribution in [0.2, 0.25) is 0 Å². The summed E-state index contributed by atoms with van der Waals surface area (Å²) in [6, 6.07) is 9.72. The van der Waals surface area contributed by atoms with Crippen LogP contribution in [0.3, 0.4) is 0 Å². The van der Waals surface area contributed by atoms with E-state index in [1.165, 1.54) is 31.8 Å². The van der Waals surface area contributed by atoms with Crippen LogP contribution in [0, 0.1) is 18.3 Å². The highest BCUT2D eigenvalue weighted by molar-refractivity contribution is 5.87. The maximum atomic E-state index is 11.4. The molecule has 0 saturated carbocycles.